The Morgan fingerprint density at radius 2 is 2.00 bits per heavy atom. The predicted octanol–water partition coefficient (Wildman–Crippen LogP) is 2.46. The Hall–Kier alpha value is -0.790. The Morgan fingerprint density at radius 1 is 1.43 bits per heavy atom. The van der Waals surface area contributed by atoms with Crippen LogP contribution in [0.15, 0.2) is 11.8 Å². The zero-order valence-corrected chi connectivity index (χ0v) is 9.71. The summed E-state index contributed by atoms with van der Waals surface area (Å²) in [6, 6.07) is 0. The van der Waals surface area contributed by atoms with Crippen LogP contribution in [-0.4, -0.2) is 24.8 Å². The van der Waals surface area contributed by atoms with Crippen LogP contribution in [0, 0.1) is 11.8 Å². The third kappa shape index (κ3) is 3.52. The van der Waals surface area contributed by atoms with E-state index in [2.05, 4.69) is 13.8 Å². The molecule has 0 unspecified atom stereocenters. The molecule has 0 aromatic rings. The van der Waals surface area contributed by atoms with E-state index < -0.39 is 0 Å². The number of carbonyl (C=O) groups excluding carboxylic acids is 1. The average molecular weight is 195 g/mol. The number of carbonyl (C=O) groups is 1. The third-order valence-electron chi connectivity index (χ3n) is 2.31. The Morgan fingerprint density at radius 3 is 2.36 bits per heavy atom. The molecule has 2 heteroatoms. The summed E-state index contributed by atoms with van der Waals surface area (Å²) in [6.45, 7) is 4.31. The molecule has 0 bridgehead atoms. The molecule has 0 spiro atoms. The normalized spacial score (nSPS) is 17.4. The quantitative estimate of drug-likeness (QED) is 0.628. The van der Waals surface area contributed by atoms with Crippen LogP contribution in [0.3, 0.4) is 0 Å². The highest BCUT2D eigenvalue weighted by atomic mass is 16.1. The van der Waals surface area contributed by atoms with Crippen molar-refractivity contribution in [2.24, 2.45) is 11.8 Å². The van der Waals surface area contributed by atoms with Crippen molar-refractivity contribution < 1.29 is 4.79 Å². The summed E-state index contributed by atoms with van der Waals surface area (Å²) in [5, 5.41) is 0. The van der Waals surface area contributed by atoms with Gasteiger partial charge >= 0.3 is 0 Å². The second-order valence-electron chi connectivity index (χ2n) is 4.85. The van der Waals surface area contributed by atoms with E-state index in [9.17, 15) is 4.79 Å². The van der Waals surface area contributed by atoms with E-state index in [1.54, 1.807) is 0 Å². The van der Waals surface area contributed by atoms with Gasteiger partial charge in [-0.1, -0.05) is 13.8 Å². The van der Waals surface area contributed by atoms with Crippen LogP contribution in [0.5, 0.6) is 0 Å². The van der Waals surface area contributed by atoms with Gasteiger partial charge in [-0.25, -0.2) is 0 Å². The molecule has 2 nitrogen and oxygen atoms in total. The molecule has 80 valence electrons. The van der Waals surface area contributed by atoms with Gasteiger partial charge in [-0.3, -0.25) is 4.79 Å². The van der Waals surface area contributed by atoms with E-state index >= 15 is 0 Å². The van der Waals surface area contributed by atoms with Gasteiger partial charge in [0.1, 0.15) is 0 Å². The molecule has 0 aromatic carbocycles. The molecule has 0 atom stereocenters. The number of rotatable bonds is 5. The number of ketones is 1. The number of hydrogen-bond donors (Lipinski definition) is 0. The predicted molar refractivity (Wildman–Crippen MR) is 59.0 cm³/mol. The SMILES string of the molecule is CC(C)C/C(=C/N(C)C)C(=O)C1CC1. The average Bonchev–Trinajstić information content (AvgIpc) is 2.82. The summed E-state index contributed by atoms with van der Waals surface area (Å²) < 4.78 is 0. The monoisotopic (exact) mass is 195 g/mol. The van der Waals surface area contributed by atoms with E-state index in [1.807, 2.05) is 25.2 Å². The van der Waals surface area contributed by atoms with Crippen molar-refractivity contribution in [1.82, 2.24) is 4.90 Å². The zero-order valence-electron chi connectivity index (χ0n) is 9.71. The fraction of sp³-hybridized carbons (Fsp3) is 0.750. The van der Waals surface area contributed by atoms with Crippen molar-refractivity contribution in [1.29, 1.82) is 0 Å². The largest absolute Gasteiger partial charge is 0.383 e. The molecule has 14 heavy (non-hydrogen) atoms. The van der Waals surface area contributed by atoms with Crippen molar-refractivity contribution in [2.75, 3.05) is 14.1 Å². The molecule has 1 saturated carbocycles. The van der Waals surface area contributed by atoms with Gasteiger partial charge in [-0.2, -0.15) is 0 Å². The van der Waals surface area contributed by atoms with Crippen LogP contribution in [0.25, 0.3) is 0 Å². The molecule has 0 heterocycles. The van der Waals surface area contributed by atoms with E-state index in [0.29, 0.717) is 17.6 Å². The Balaban J connectivity index is 2.64. The highest BCUT2D eigenvalue weighted by Crippen LogP contribution is 2.33. The van der Waals surface area contributed by atoms with E-state index in [0.717, 1.165) is 24.8 Å². The fourth-order valence-corrected chi connectivity index (χ4v) is 1.58. The molecule has 0 amide bonds. The lowest BCUT2D eigenvalue weighted by Crippen LogP contribution is -2.12. The van der Waals surface area contributed by atoms with Crippen LogP contribution in [0.1, 0.15) is 33.1 Å². The van der Waals surface area contributed by atoms with Crippen molar-refractivity contribution in [2.45, 2.75) is 33.1 Å². The maximum Gasteiger partial charge on any atom is 0.163 e. The molecule has 1 rings (SSSR count). The molecule has 0 radical (unpaired) electrons. The minimum atomic E-state index is 0.347. The van der Waals surface area contributed by atoms with Crippen LogP contribution < -0.4 is 0 Å². The van der Waals surface area contributed by atoms with Gasteiger partial charge in [0.25, 0.3) is 0 Å². The Labute approximate surface area is 87.0 Å². The third-order valence-corrected chi connectivity index (χ3v) is 2.31. The Kier molecular flexibility index (Phi) is 3.73. The van der Waals surface area contributed by atoms with Crippen molar-refractivity contribution in [3.63, 3.8) is 0 Å². The van der Waals surface area contributed by atoms with Gasteiger partial charge in [-0.15, -0.1) is 0 Å². The number of nitrogens with zero attached hydrogens (tertiary/aromatic N) is 1. The van der Waals surface area contributed by atoms with Gasteiger partial charge in [0.2, 0.25) is 0 Å². The maximum atomic E-state index is 11.9. The zero-order chi connectivity index (χ0) is 10.7. The van der Waals surface area contributed by atoms with Gasteiger partial charge < -0.3 is 4.90 Å². The van der Waals surface area contributed by atoms with Crippen molar-refractivity contribution in [3.8, 4) is 0 Å². The molecule has 0 saturated heterocycles. The minimum Gasteiger partial charge on any atom is -0.383 e. The van der Waals surface area contributed by atoms with E-state index in [-0.39, 0.29) is 0 Å². The molecule has 0 aliphatic heterocycles. The first-order valence-corrected chi connectivity index (χ1v) is 5.42. The molecule has 1 fully saturated rings. The highest BCUT2D eigenvalue weighted by molar-refractivity contribution is 5.98. The Bertz CT molecular complexity index is 237. The second kappa shape index (κ2) is 4.63. The number of Topliss-reactive ketones (excluding diaryl/α,β-unsaturated/α-hetero) is 1. The molecule has 0 aromatic heterocycles. The summed E-state index contributed by atoms with van der Waals surface area (Å²) in [4.78, 5) is 13.9. The number of hydrogen-bond acceptors (Lipinski definition) is 2. The first kappa shape index (κ1) is 11.3. The second-order valence-corrected chi connectivity index (χ2v) is 4.85. The lowest BCUT2D eigenvalue weighted by atomic mass is 9.98. The van der Waals surface area contributed by atoms with Crippen molar-refractivity contribution >= 4 is 5.78 Å². The molecule has 0 N–H and O–H groups in total. The van der Waals surface area contributed by atoms with Crippen molar-refractivity contribution in [3.05, 3.63) is 11.8 Å². The molecular formula is C12H21NO. The first-order valence-electron chi connectivity index (χ1n) is 5.42. The van der Waals surface area contributed by atoms with E-state index in [4.69, 9.17) is 0 Å². The molecular weight excluding hydrogens is 174 g/mol. The van der Waals surface area contributed by atoms with E-state index in [1.165, 1.54) is 0 Å². The highest BCUT2D eigenvalue weighted by Gasteiger charge is 2.31. The van der Waals surface area contributed by atoms with Crippen LogP contribution in [0.4, 0.5) is 0 Å². The van der Waals surface area contributed by atoms with Gasteiger partial charge in [0.05, 0.1) is 0 Å². The summed E-state index contributed by atoms with van der Waals surface area (Å²) in [5.74, 6) is 1.29. The maximum absolute atomic E-state index is 11.9. The molecule has 1 aliphatic carbocycles. The fourth-order valence-electron chi connectivity index (χ4n) is 1.58. The summed E-state index contributed by atoms with van der Waals surface area (Å²) in [5.41, 5.74) is 1.01. The topological polar surface area (TPSA) is 20.3 Å². The summed E-state index contributed by atoms with van der Waals surface area (Å²) in [6.07, 6.45) is 5.09. The lowest BCUT2D eigenvalue weighted by Gasteiger charge is -2.12. The number of allylic oxidation sites excluding steroid dienone is 1. The van der Waals surface area contributed by atoms with Gasteiger partial charge in [-0.05, 0) is 25.2 Å². The lowest BCUT2D eigenvalue weighted by molar-refractivity contribution is -0.117. The van der Waals surface area contributed by atoms with Gasteiger partial charge in [0, 0.05) is 31.8 Å². The summed E-state index contributed by atoms with van der Waals surface area (Å²) >= 11 is 0. The van der Waals surface area contributed by atoms with Gasteiger partial charge in [0.15, 0.2) is 5.78 Å². The smallest absolute Gasteiger partial charge is 0.163 e. The summed E-state index contributed by atoms with van der Waals surface area (Å²) in [7, 11) is 3.95. The first-order chi connectivity index (χ1) is 6.50. The van der Waals surface area contributed by atoms with Crippen LogP contribution >= 0.6 is 0 Å². The minimum absolute atomic E-state index is 0.347. The molecule has 1 aliphatic rings. The standard InChI is InChI=1S/C12H21NO/c1-9(2)7-11(8-13(3)4)12(14)10-5-6-10/h8-10H,5-7H2,1-4H3/b11-8-. The van der Waals surface area contributed by atoms with Crippen LogP contribution in [0.2, 0.25) is 0 Å². The van der Waals surface area contributed by atoms with Crippen LogP contribution in [-0.2, 0) is 4.79 Å².